The van der Waals surface area contributed by atoms with Crippen LogP contribution in [-0.4, -0.2) is 35.1 Å². The molecule has 0 amide bonds. The van der Waals surface area contributed by atoms with Gasteiger partial charge in [-0.15, -0.1) is 0 Å². The predicted molar refractivity (Wildman–Crippen MR) is 74.1 cm³/mol. The van der Waals surface area contributed by atoms with E-state index in [0.717, 1.165) is 32.4 Å². The van der Waals surface area contributed by atoms with Crippen LogP contribution in [-0.2, 0) is 4.79 Å². The van der Waals surface area contributed by atoms with E-state index in [-0.39, 0.29) is 6.04 Å². The number of benzene rings is 1. The molecule has 2 atom stereocenters. The zero-order valence-corrected chi connectivity index (χ0v) is 11.2. The van der Waals surface area contributed by atoms with Crippen LogP contribution < -0.4 is 0 Å². The Morgan fingerprint density at radius 1 is 1.21 bits per heavy atom. The van der Waals surface area contributed by atoms with E-state index in [2.05, 4.69) is 29.2 Å². The summed E-state index contributed by atoms with van der Waals surface area (Å²) in [6, 6.07) is 10.2. The molecule has 1 aromatic carbocycles. The van der Waals surface area contributed by atoms with Gasteiger partial charge in [-0.1, -0.05) is 36.8 Å². The first-order chi connectivity index (χ1) is 9.25. The van der Waals surface area contributed by atoms with E-state index < -0.39 is 5.97 Å². The second-order valence-electron chi connectivity index (χ2n) is 5.87. The van der Waals surface area contributed by atoms with E-state index in [1.807, 2.05) is 6.07 Å². The Kier molecular flexibility index (Phi) is 3.56. The molecular weight excluding hydrogens is 238 g/mol. The standard InChI is InChI=1S/C16H21NO2/c18-16(19)15(13-7-4-8-13)17-10-9-14(11-17)12-5-2-1-3-6-12/h1-3,5-6,13-15H,4,7-11H2,(H,18,19)/t14-,15-/m1/s1. The maximum atomic E-state index is 11.5. The smallest absolute Gasteiger partial charge is 0.321 e. The van der Waals surface area contributed by atoms with Crippen LogP contribution in [0.25, 0.3) is 0 Å². The summed E-state index contributed by atoms with van der Waals surface area (Å²) < 4.78 is 0. The van der Waals surface area contributed by atoms with Gasteiger partial charge in [0, 0.05) is 6.54 Å². The Balaban J connectivity index is 1.69. The molecule has 1 N–H and O–H groups in total. The van der Waals surface area contributed by atoms with Gasteiger partial charge in [-0.3, -0.25) is 9.69 Å². The van der Waals surface area contributed by atoms with E-state index >= 15 is 0 Å². The van der Waals surface area contributed by atoms with Crippen LogP contribution in [0.4, 0.5) is 0 Å². The van der Waals surface area contributed by atoms with Crippen molar-refractivity contribution in [3.63, 3.8) is 0 Å². The minimum Gasteiger partial charge on any atom is -0.480 e. The first-order valence-electron chi connectivity index (χ1n) is 7.27. The number of nitrogens with zero attached hydrogens (tertiary/aromatic N) is 1. The van der Waals surface area contributed by atoms with Crippen molar-refractivity contribution in [2.75, 3.05) is 13.1 Å². The van der Waals surface area contributed by atoms with Gasteiger partial charge in [-0.25, -0.2) is 0 Å². The molecule has 1 aliphatic heterocycles. The summed E-state index contributed by atoms with van der Waals surface area (Å²) in [6.07, 6.45) is 4.46. The molecule has 0 aromatic heterocycles. The Morgan fingerprint density at radius 3 is 2.53 bits per heavy atom. The van der Waals surface area contributed by atoms with Crippen molar-refractivity contribution < 1.29 is 9.90 Å². The molecule has 3 nitrogen and oxygen atoms in total. The molecule has 0 bridgehead atoms. The molecule has 1 aliphatic carbocycles. The lowest BCUT2D eigenvalue weighted by Gasteiger charge is -2.36. The van der Waals surface area contributed by atoms with Crippen LogP contribution in [0.15, 0.2) is 30.3 Å². The van der Waals surface area contributed by atoms with Gasteiger partial charge in [-0.2, -0.15) is 0 Å². The van der Waals surface area contributed by atoms with Crippen LogP contribution in [0.1, 0.15) is 37.2 Å². The minimum atomic E-state index is -0.626. The average Bonchev–Trinajstić information content (AvgIpc) is 2.83. The summed E-state index contributed by atoms with van der Waals surface area (Å²) in [5.74, 6) is 0.258. The van der Waals surface area contributed by atoms with Crippen molar-refractivity contribution in [3.05, 3.63) is 35.9 Å². The molecule has 1 heterocycles. The molecule has 3 heteroatoms. The zero-order valence-electron chi connectivity index (χ0n) is 11.2. The lowest BCUT2D eigenvalue weighted by Crippen LogP contribution is -2.47. The molecule has 0 radical (unpaired) electrons. The second-order valence-corrected chi connectivity index (χ2v) is 5.87. The minimum absolute atomic E-state index is 0.248. The van der Waals surface area contributed by atoms with Crippen LogP contribution in [0, 0.1) is 5.92 Å². The van der Waals surface area contributed by atoms with Crippen molar-refractivity contribution in [1.82, 2.24) is 4.90 Å². The number of carboxylic acids is 1. The molecule has 102 valence electrons. The van der Waals surface area contributed by atoms with Crippen LogP contribution in [0.2, 0.25) is 0 Å². The topological polar surface area (TPSA) is 40.5 Å². The highest BCUT2D eigenvalue weighted by atomic mass is 16.4. The number of hydrogen-bond acceptors (Lipinski definition) is 2. The van der Waals surface area contributed by atoms with Gasteiger partial charge in [0.15, 0.2) is 0 Å². The molecule has 19 heavy (non-hydrogen) atoms. The normalized spacial score (nSPS) is 26.0. The van der Waals surface area contributed by atoms with Gasteiger partial charge < -0.3 is 5.11 Å². The van der Waals surface area contributed by atoms with E-state index in [1.165, 1.54) is 12.0 Å². The number of rotatable bonds is 4. The van der Waals surface area contributed by atoms with E-state index in [0.29, 0.717) is 11.8 Å². The quantitative estimate of drug-likeness (QED) is 0.904. The molecule has 3 rings (SSSR count). The third-order valence-electron chi connectivity index (χ3n) is 4.73. The summed E-state index contributed by atoms with van der Waals surface area (Å²) >= 11 is 0. The van der Waals surface area contributed by atoms with Crippen molar-refractivity contribution in [3.8, 4) is 0 Å². The number of carbonyl (C=O) groups is 1. The van der Waals surface area contributed by atoms with Gasteiger partial charge >= 0.3 is 5.97 Å². The maximum absolute atomic E-state index is 11.5. The highest BCUT2D eigenvalue weighted by molar-refractivity contribution is 5.74. The van der Waals surface area contributed by atoms with Crippen LogP contribution >= 0.6 is 0 Å². The molecule has 0 spiro atoms. The maximum Gasteiger partial charge on any atom is 0.321 e. The summed E-state index contributed by atoms with van der Waals surface area (Å²) in [4.78, 5) is 13.7. The summed E-state index contributed by atoms with van der Waals surface area (Å²) in [6.45, 7) is 1.82. The molecule has 2 fully saturated rings. The molecule has 0 unspecified atom stereocenters. The van der Waals surface area contributed by atoms with Gasteiger partial charge in [0.05, 0.1) is 0 Å². The summed E-state index contributed by atoms with van der Waals surface area (Å²) in [5.41, 5.74) is 1.35. The molecule has 1 saturated heterocycles. The van der Waals surface area contributed by atoms with Crippen LogP contribution in [0.5, 0.6) is 0 Å². The van der Waals surface area contributed by atoms with Crippen molar-refractivity contribution in [1.29, 1.82) is 0 Å². The van der Waals surface area contributed by atoms with Gasteiger partial charge in [-0.05, 0) is 43.2 Å². The number of likely N-dealkylation sites (tertiary alicyclic amines) is 1. The largest absolute Gasteiger partial charge is 0.480 e. The van der Waals surface area contributed by atoms with Gasteiger partial charge in [0.1, 0.15) is 6.04 Å². The van der Waals surface area contributed by atoms with Crippen molar-refractivity contribution >= 4 is 5.97 Å². The molecule has 2 aliphatic rings. The number of aliphatic carboxylic acids is 1. The summed E-state index contributed by atoms with van der Waals surface area (Å²) in [7, 11) is 0. The second kappa shape index (κ2) is 5.33. The Morgan fingerprint density at radius 2 is 1.95 bits per heavy atom. The predicted octanol–water partition coefficient (Wildman–Crippen LogP) is 2.73. The first kappa shape index (κ1) is 12.7. The third kappa shape index (κ3) is 2.52. The van der Waals surface area contributed by atoms with E-state index in [1.54, 1.807) is 0 Å². The van der Waals surface area contributed by atoms with E-state index in [9.17, 15) is 9.90 Å². The molecule has 1 aromatic rings. The van der Waals surface area contributed by atoms with Crippen molar-refractivity contribution in [2.24, 2.45) is 5.92 Å². The Bertz CT molecular complexity index is 441. The summed E-state index contributed by atoms with van der Waals surface area (Å²) in [5, 5.41) is 9.48. The fourth-order valence-corrected chi connectivity index (χ4v) is 3.45. The van der Waals surface area contributed by atoms with Crippen LogP contribution in [0.3, 0.4) is 0 Å². The zero-order chi connectivity index (χ0) is 13.2. The lowest BCUT2D eigenvalue weighted by atomic mass is 9.79. The highest BCUT2D eigenvalue weighted by Gasteiger charge is 2.40. The number of hydrogen-bond donors (Lipinski definition) is 1. The van der Waals surface area contributed by atoms with Gasteiger partial charge in [0.25, 0.3) is 0 Å². The lowest BCUT2D eigenvalue weighted by molar-refractivity contribution is -0.146. The average molecular weight is 259 g/mol. The molecular formula is C16H21NO2. The number of carboxylic acid groups (broad SMARTS) is 1. The molecule has 1 saturated carbocycles. The monoisotopic (exact) mass is 259 g/mol. The fraction of sp³-hybridized carbons (Fsp3) is 0.562. The Hall–Kier alpha value is -1.35. The van der Waals surface area contributed by atoms with Crippen molar-refractivity contribution in [2.45, 2.75) is 37.6 Å². The van der Waals surface area contributed by atoms with E-state index in [4.69, 9.17) is 0 Å². The van der Waals surface area contributed by atoms with Gasteiger partial charge in [0.2, 0.25) is 0 Å². The Labute approximate surface area is 114 Å². The highest BCUT2D eigenvalue weighted by Crippen LogP contribution is 2.36. The third-order valence-corrected chi connectivity index (χ3v) is 4.73. The first-order valence-corrected chi connectivity index (χ1v) is 7.27. The fourth-order valence-electron chi connectivity index (χ4n) is 3.45. The SMILES string of the molecule is O=C(O)[C@@H](C1CCC1)N1CC[C@@H](c2ccccc2)C1.